The Bertz CT molecular complexity index is 277. The van der Waals surface area contributed by atoms with Gasteiger partial charge in [0.25, 0.3) is 0 Å². The fraction of sp³-hybridized carbons (Fsp3) is 1.00. The molecular formula is C17H32N2. The van der Waals surface area contributed by atoms with E-state index in [0.29, 0.717) is 5.54 Å². The summed E-state index contributed by atoms with van der Waals surface area (Å²) in [5.41, 5.74) is 0.473. The molecule has 1 N–H and O–H groups in total. The number of nitrogens with zero attached hydrogens (tertiary/aromatic N) is 1. The molecule has 0 amide bonds. The summed E-state index contributed by atoms with van der Waals surface area (Å²) in [4.78, 5) is 2.91. The molecule has 1 saturated heterocycles. The highest BCUT2D eigenvalue weighted by Crippen LogP contribution is 2.34. The van der Waals surface area contributed by atoms with Crippen LogP contribution < -0.4 is 5.32 Å². The first-order valence-electron chi connectivity index (χ1n) is 8.80. The SMILES string of the molecule is CC1CCNC2(CCCCC2)CN1C1CCCCC1. The molecule has 2 heteroatoms. The summed E-state index contributed by atoms with van der Waals surface area (Å²) in [7, 11) is 0. The molecule has 1 unspecified atom stereocenters. The van der Waals surface area contributed by atoms with Gasteiger partial charge in [0.05, 0.1) is 0 Å². The normalized spacial score (nSPS) is 34.3. The van der Waals surface area contributed by atoms with Crippen molar-refractivity contribution in [2.24, 2.45) is 0 Å². The molecule has 1 atom stereocenters. The summed E-state index contributed by atoms with van der Waals surface area (Å²) in [6.07, 6.45) is 15.9. The first kappa shape index (κ1) is 13.9. The van der Waals surface area contributed by atoms with Crippen LogP contribution in [0.4, 0.5) is 0 Å². The highest BCUT2D eigenvalue weighted by molar-refractivity contribution is 4.98. The molecule has 110 valence electrons. The van der Waals surface area contributed by atoms with Crippen LogP contribution in [0.25, 0.3) is 0 Å². The van der Waals surface area contributed by atoms with E-state index in [4.69, 9.17) is 0 Å². The molecule has 0 aromatic rings. The predicted octanol–water partition coefficient (Wildman–Crippen LogP) is 3.71. The van der Waals surface area contributed by atoms with Gasteiger partial charge in [-0.15, -0.1) is 0 Å². The van der Waals surface area contributed by atoms with E-state index in [-0.39, 0.29) is 0 Å². The van der Waals surface area contributed by atoms with E-state index < -0.39 is 0 Å². The Kier molecular flexibility index (Phi) is 4.48. The zero-order valence-electron chi connectivity index (χ0n) is 12.8. The molecule has 0 radical (unpaired) electrons. The van der Waals surface area contributed by atoms with E-state index in [1.165, 1.54) is 83.7 Å². The fourth-order valence-electron chi connectivity index (χ4n) is 4.74. The fourth-order valence-corrected chi connectivity index (χ4v) is 4.74. The van der Waals surface area contributed by atoms with Crippen LogP contribution in [0.5, 0.6) is 0 Å². The molecule has 19 heavy (non-hydrogen) atoms. The quantitative estimate of drug-likeness (QED) is 0.777. The van der Waals surface area contributed by atoms with Crippen molar-refractivity contribution < 1.29 is 0 Å². The van der Waals surface area contributed by atoms with E-state index in [1.807, 2.05) is 0 Å². The Labute approximate surface area is 119 Å². The maximum atomic E-state index is 3.95. The monoisotopic (exact) mass is 264 g/mol. The Morgan fingerprint density at radius 3 is 2.32 bits per heavy atom. The number of hydrogen-bond acceptors (Lipinski definition) is 2. The second-order valence-corrected chi connectivity index (χ2v) is 7.37. The maximum Gasteiger partial charge on any atom is 0.0309 e. The van der Waals surface area contributed by atoms with Crippen molar-refractivity contribution in [3.63, 3.8) is 0 Å². The Morgan fingerprint density at radius 1 is 0.895 bits per heavy atom. The van der Waals surface area contributed by atoms with Crippen LogP contribution in [-0.2, 0) is 0 Å². The summed E-state index contributed by atoms with van der Waals surface area (Å²) >= 11 is 0. The van der Waals surface area contributed by atoms with Crippen LogP contribution in [0.15, 0.2) is 0 Å². The van der Waals surface area contributed by atoms with Gasteiger partial charge in [-0.3, -0.25) is 4.90 Å². The molecule has 2 nitrogen and oxygen atoms in total. The topological polar surface area (TPSA) is 15.3 Å². The van der Waals surface area contributed by atoms with E-state index in [9.17, 15) is 0 Å². The van der Waals surface area contributed by atoms with Crippen molar-refractivity contribution in [3.05, 3.63) is 0 Å². The van der Waals surface area contributed by atoms with Gasteiger partial charge in [-0.05, 0) is 45.6 Å². The van der Waals surface area contributed by atoms with Crippen LogP contribution in [0.3, 0.4) is 0 Å². The van der Waals surface area contributed by atoms with Gasteiger partial charge in [0.15, 0.2) is 0 Å². The Morgan fingerprint density at radius 2 is 1.58 bits per heavy atom. The van der Waals surface area contributed by atoms with E-state index in [2.05, 4.69) is 17.1 Å². The lowest BCUT2D eigenvalue weighted by molar-refractivity contribution is 0.0757. The third-order valence-electron chi connectivity index (χ3n) is 5.97. The van der Waals surface area contributed by atoms with Crippen molar-refractivity contribution in [3.8, 4) is 0 Å². The first-order chi connectivity index (χ1) is 9.29. The molecule has 1 heterocycles. The summed E-state index contributed by atoms with van der Waals surface area (Å²) in [5.74, 6) is 0. The molecule has 3 rings (SSSR count). The van der Waals surface area contributed by atoms with Crippen molar-refractivity contribution in [1.82, 2.24) is 10.2 Å². The van der Waals surface area contributed by atoms with E-state index >= 15 is 0 Å². The molecular weight excluding hydrogens is 232 g/mol. The molecule has 0 aromatic heterocycles. The zero-order valence-corrected chi connectivity index (χ0v) is 12.8. The van der Waals surface area contributed by atoms with Gasteiger partial charge in [0.1, 0.15) is 0 Å². The number of rotatable bonds is 1. The lowest BCUT2D eigenvalue weighted by Gasteiger charge is -2.44. The standard InChI is InChI=1S/C17H32N2/c1-15-10-13-18-17(11-6-3-7-12-17)14-19(15)16-8-4-2-5-9-16/h15-16,18H,2-14H2,1H3. The lowest BCUT2D eigenvalue weighted by Crippen LogP contribution is -2.55. The van der Waals surface area contributed by atoms with E-state index in [0.717, 1.165) is 12.1 Å². The number of hydrogen-bond donors (Lipinski definition) is 1. The second kappa shape index (κ2) is 6.13. The van der Waals surface area contributed by atoms with Crippen LogP contribution in [0, 0.1) is 0 Å². The minimum Gasteiger partial charge on any atom is -0.310 e. The zero-order chi connectivity index (χ0) is 13.1. The second-order valence-electron chi connectivity index (χ2n) is 7.37. The average molecular weight is 264 g/mol. The largest absolute Gasteiger partial charge is 0.310 e. The van der Waals surface area contributed by atoms with Crippen LogP contribution in [0.2, 0.25) is 0 Å². The molecule has 2 saturated carbocycles. The van der Waals surface area contributed by atoms with E-state index in [1.54, 1.807) is 0 Å². The maximum absolute atomic E-state index is 3.95. The molecule has 1 spiro atoms. The molecule has 0 bridgehead atoms. The van der Waals surface area contributed by atoms with Crippen LogP contribution in [-0.4, -0.2) is 35.6 Å². The van der Waals surface area contributed by atoms with Gasteiger partial charge >= 0.3 is 0 Å². The molecule has 3 aliphatic rings. The molecule has 0 aromatic carbocycles. The summed E-state index contributed by atoms with van der Waals surface area (Å²) in [6.45, 7) is 5.04. The van der Waals surface area contributed by atoms with Crippen LogP contribution in [0.1, 0.15) is 77.6 Å². The molecule has 2 aliphatic carbocycles. The Hall–Kier alpha value is -0.0800. The van der Waals surface area contributed by atoms with Gasteiger partial charge in [-0.25, -0.2) is 0 Å². The Balaban J connectivity index is 1.72. The van der Waals surface area contributed by atoms with Crippen molar-refractivity contribution in [2.75, 3.05) is 13.1 Å². The minimum atomic E-state index is 0.473. The van der Waals surface area contributed by atoms with Gasteiger partial charge in [0.2, 0.25) is 0 Å². The van der Waals surface area contributed by atoms with Gasteiger partial charge in [-0.2, -0.15) is 0 Å². The molecule has 3 fully saturated rings. The predicted molar refractivity (Wildman–Crippen MR) is 81.5 cm³/mol. The lowest BCUT2D eigenvalue weighted by atomic mass is 9.80. The van der Waals surface area contributed by atoms with Crippen molar-refractivity contribution >= 4 is 0 Å². The van der Waals surface area contributed by atoms with Crippen LogP contribution >= 0.6 is 0 Å². The summed E-state index contributed by atoms with van der Waals surface area (Å²) < 4.78 is 0. The molecule has 1 aliphatic heterocycles. The summed E-state index contributed by atoms with van der Waals surface area (Å²) in [5, 5.41) is 3.95. The first-order valence-corrected chi connectivity index (χ1v) is 8.80. The average Bonchev–Trinajstić information content (AvgIpc) is 2.61. The van der Waals surface area contributed by atoms with Gasteiger partial charge in [-0.1, -0.05) is 38.5 Å². The number of nitrogens with one attached hydrogen (secondary N) is 1. The minimum absolute atomic E-state index is 0.473. The van der Waals surface area contributed by atoms with Gasteiger partial charge in [0, 0.05) is 24.2 Å². The van der Waals surface area contributed by atoms with Crippen molar-refractivity contribution in [2.45, 2.75) is 95.2 Å². The highest BCUT2D eigenvalue weighted by Gasteiger charge is 2.39. The third kappa shape index (κ3) is 3.16. The smallest absolute Gasteiger partial charge is 0.0309 e. The van der Waals surface area contributed by atoms with Gasteiger partial charge < -0.3 is 5.32 Å². The highest BCUT2D eigenvalue weighted by atomic mass is 15.2. The van der Waals surface area contributed by atoms with Crippen molar-refractivity contribution in [1.29, 1.82) is 0 Å². The third-order valence-corrected chi connectivity index (χ3v) is 5.97. The summed E-state index contributed by atoms with van der Waals surface area (Å²) in [6, 6.07) is 1.68.